The van der Waals surface area contributed by atoms with Gasteiger partial charge in [-0.15, -0.1) is 0 Å². The normalized spacial score (nSPS) is 28.6. The molecular weight excluding hydrogens is 1450 g/mol. The number of carbonyl (C=O) groups excluding carboxylic acids is 10. The number of fused-ring (bicyclic) bond motifs is 6. The van der Waals surface area contributed by atoms with Crippen molar-refractivity contribution >= 4 is 80.4 Å². The van der Waals surface area contributed by atoms with Crippen LogP contribution < -0.4 is 30.7 Å². The predicted molar refractivity (Wildman–Crippen MR) is 382 cm³/mol. The van der Waals surface area contributed by atoms with Gasteiger partial charge in [-0.25, -0.2) is 45.8 Å². The predicted octanol–water partition coefficient (Wildman–Crippen LogP) is 7.71. The van der Waals surface area contributed by atoms with Crippen LogP contribution in [0.4, 0.5) is 28.0 Å². The summed E-state index contributed by atoms with van der Waals surface area (Å²) in [6.45, 7) is 13.4. The molecule has 0 unspecified atom stereocenters. The summed E-state index contributed by atoms with van der Waals surface area (Å²) in [4.78, 5) is 142. The Hall–Kier alpha value is -8.50. The Morgan fingerprint density at radius 1 is 0.574 bits per heavy atom. The highest BCUT2D eigenvalue weighted by molar-refractivity contribution is 7.85. The highest BCUT2D eigenvalue weighted by atomic mass is 32.2. The number of halogens is 2. The number of allylic oxidation sites excluding steroid dienone is 2. The second-order valence-electron chi connectivity index (χ2n) is 32.4. The quantitative estimate of drug-likeness (QED) is 0.0778. The van der Waals surface area contributed by atoms with Gasteiger partial charge in [0.1, 0.15) is 70.3 Å². The zero-order valence-corrected chi connectivity index (χ0v) is 63.9. The van der Waals surface area contributed by atoms with Gasteiger partial charge in [-0.2, -0.15) is 16.8 Å². The van der Waals surface area contributed by atoms with Crippen molar-refractivity contribution in [3.05, 3.63) is 94.6 Å². The van der Waals surface area contributed by atoms with E-state index in [0.29, 0.717) is 99.3 Å². The molecule has 12 rings (SSSR count). The van der Waals surface area contributed by atoms with E-state index in [4.69, 9.17) is 27.3 Å². The zero-order chi connectivity index (χ0) is 78.1. The van der Waals surface area contributed by atoms with Crippen molar-refractivity contribution in [1.29, 1.82) is 0 Å². The molecule has 6 aliphatic heterocycles. The molecule has 10 atom stereocenters. The standard InChI is InChI=1S/C38H52FN5O10S.C36H48FN5O10S/c1-5-16-37(17-18-37)54-55(50,51)42-33(47)38-20-25(38)13-9-7-6-8-10-15-29(40-34(48)53-36(2,3)4)32(46)44-22-26(19-30(44)31(45)41-38)52-35(49)43-21-24-12-11-14-28(39)27(24)23-43;1-34(2,3)51-32(46)38-27-14-9-7-5-6-8-12-23-18-36(23,31(45)40-53(48,49)52-35(4)15-16-35)39-29(43)28-17-24(20-42(28)30(27)44)50-33(47)41-19-22-11-10-13-26(37)25(22)21-41/h9,11-14,25-26,29-30H,5-8,10,15-23H2,1-4H3,(H,40,48)(H,41,45)(H,42,47);8,10-13,23-24,27-28H,5-7,9,14-21H2,1-4H3,(H,38,46)(H,39,43)(H,40,45)/b13-9-;12-8-/t25-,26-,29+,30+,38-;23-,24-,27+,28+,36-/m11/s1. The molecule has 2 aromatic rings. The van der Waals surface area contributed by atoms with Crippen LogP contribution in [0.25, 0.3) is 0 Å². The van der Waals surface area contributed by atoms with Crippen molar-refractivity contribution in [2.45, 2.75) is 280 Å². The minimum Gasteiger partial charge on any atom is -0.444 e. The molecule has 6 fully saturated rings. The average molecular weight is 1550 g/mol. The van der Waals surface area contributed by atoms with Crippen molar-refractivity contribution in [2.75, 3.05) is 13.1 Å². The Balaban J connectivity index is 0.000000215. The smallest absolute Gasteiger partial charge is 0.410 e. The molecule has 30 nitrogen and oxygen atoms in total. The minimum atomic E-state index is -4.53. The van der Waals surface area contributed by atoms with Crippen LogP contribution in [0, 0.1) is 23.5 Å². The van der Waals surface area contributed by atoms with Crippen LogP contribution in [-0.4, -0.2) is 179 Å². The fourth-order valence-corrected chi connectivity index (χ4v) is 17.2. The van der Waals surface area contributed by atoms with Crippen molar-refractivity contribution in [3.8, 4) is 0 Å². The maximum absolute atomic E-state index is 14.5. The molecule has 108 heavy (non-hydrogen) atoms. The fourth-order valence-electron chi connectivity index (χ4n) is 14.9. The number of benzene rings is 2. The molecule has 0 spiro atoms. The summed E-state index contributed by atoms with van der Waals surface area (Å²) >= 11 is 0. The zero-order valence-electron chi connectivity index (χ0n) is 62.3. The average Bonchev–Trinajstić information content (AvgIpc) is 1.58. The first kappa shape index (κ1) is 80.5. The van der Waals surface area contributed by atoms with Gasteiger partial charge >= 0.3 is 45.0 Å². The van der Waals surface area contributed by atoms with E-state index in [9.17, 15) is 73.6 Å². The highest BCUT2D eigenvalue weighted by Gasteiger charge is 2.64. The Morgan fingerprint density at radius 3 is 1.37 bits per heavy atom. The van der Waals surface area contributed by atoms with Crippen LogP contribution in [0.3, 0.4) is 0 Å². The van der Waals surface area contributed by atoms with Crippen molar-refractivity contribution < 1.29 is 101 Å². The number of amides is 10. The number of carbonyl (C=O) groups is 10. The lowest BCUT2D eigenvalue weighted by atomic mass is 10.0. The third kappa shape index (κ3) is 19.9. The molecule has 0 radical (unpaired) electrons. The highest BCUT2D eigenvalue weighted by Crippen LogP contribution is 2.49. The minimum absolute atomic E-state index is 0.0132. The van der Waals surface area contributed by atoms with E-state index in [1.165, 1.54) is 31.7 Å². The summed E-state index contributed by atoms with van der Waals surface area (Å²) in [5.41, 5.74) is -4.72. The van der Waals surface area contributed by atoms with Crippen LogP contribution >= 0.6 is 0 Å². The third-order valence-electron chi connectivity index (χ3n) is 21.1. The van der Waals surface area contributed by atoms with Crippen molar-refractivity contribution in [3.63, 3.8) is 0 Å². The van der Waals surface area contributed by atoms with Crippen LogP contribution in [0.2, 0.25) is 0 Å². The van der Waals surface area contributed by atoms with Crippen molar-refractivity contribution in [2.24, 2.45) is 11.8 Å². The Labute approximate surface area is 628 Å². The van der Waals surface area contributed by atoms with Gasteiger partial charge in [0.15, 0.2) is 0 Å². The van der Waals surface area contributed by atoms with Gasteiger partial charge in [0.25, 0.3) is 11.8 Å². The van der Waals surface area contributed by atoms with Crippen molar-refractivity contribution in [1.82, 2.24) is 50.3 Å². The Morgan fingerprint density at radius 2 is 0.991 bits per heavy atom. The molecule has 6 heterocycles. The SMILES string of the molecule is CC(C)(C)OC(=O)N[C@H]1CCCCC/C=C\[C@@H]2C[C@@]2(C(=O)NS(=O)(=O)OC2(C)CC2)NC(=O)[C@@H]2C[C@@H](OC(=O)N3Cc4cccc(F)c4C3)CN2C1=O.CCCC1(OS(=O)(=O)NC(=O)[C@@]23C[C@H]2/C=C\CCCCC[C@H](NC(=O)OC(C)(C)C)C(=O)N2C[C@H](OC(=O)N4Cc5cccc(F)c5C4)C[C@H]2C(=O)N3)CC1. The fraction of sp³-hybridized carbons (Fsp3) is 0.649. The number of nitrogens with zero attached hydrogens (tertiary/aromatic N) is 4. The monoisotopic (exact) mass is 1550 g/mol. The summed E-state index contributed by atoms with van der Waals surface area (Å²) < 4.78 is 118. The molecule has 2 aromatic carbocycles. The molecular formula is C74H100F2N10O20S2. The molecule has 4 aliphatic carbocycles. The summed E-state index contributed by atoms with van der Waals surface area (Å²) in [6.07, 6.45) is 11.2. The van der Waals surface area contributed by atoms with Gasteiger partial charge in [-0.3, -0.25) is 38.6 Å². The molecule has 34 heteroatoms. The van der Waals surface area contributed by atoms with Gasteiger partial charge in [0, 0.05) is 48.9 Å². The first-order valence-electron chi connectivity index (χ1n) is 37.4. The number of alkyl carbamates (subject to hydrolysis) is 2. The Kier molecular flexibility index (Phi) is 23.7. The number of ether oxygens (including phenoxy) is 4. The van der Waals surface area contributed by atoms with E-state index in [1.807, 2.05) is 28.5 Å². The molecule has 2 saturated heterocycles. The summed E-state index contributed by atoms with van der Waals surface area (Å²) in [5.74, 6) is -6.65. The number of hydrogen-bond donors (Lipinski definition) is 6. The lowest BCUT2D eigenvalue weighted by Crippen LogP contribution is -2.58. The summed E-state index contributed by atoms with van der Waals surface area (Å²) in [7, 11) is -9.04. The third-order valence-corrected chi connectivity index (χ3v) is 23.1. The number of hydrogen-bond acceptors (Lipinski definition) is 20. The second kappa shape index (κ2) is 31.8. The van der Waals surface area contributed by atoms with E-state index >= 15 is 0 Å². The second-order valence-corrected chi connectivity index (χ2v) is 34.9. The van der Waals surface area contributed by atoms with Gasteiger partial charge in [0.05, 0.1) is 37.4 Å². The first-order chi connectivity index (χ1) is 50.8. The van der Waals surface area contributed by atoms with Gasteiger partial charge in [-0.1, -0.05) is 87.6 Å². The number of nitrogens with one attached hydrogen (secondary N) is 6. The van der Waals surface area contributed by atoms with Crippen LogP contribution in [-0.2, 0) is 103 Å². The first-order valence-corrected chi connectivity index (χ1v) is 40.2. The molecule has 592 valence electrons. The molecule has 6 N–H and O–H groups in total. The van der Waals surface area contributed by atoms with Gasteiger partial charge < -0.3 is 50.0 Å². The topological polar surface area (TPSA) is 379 Å². The van der Waals surface area contributed by atoms with E-state index in [1.54, 1.807) is 84.9 Å². The molecule has 0 aromatic heterocycles. The largest absolute Gasteiger partial charge is 0.444 e. The molecule has 10 amide bonds. The Bertz CT molecular complexity index is 4140. The molecule has 0 bridgehead atoms. The van der Waals surface area contributed by atoms with Crippen LogP contribution in [0.5, 0.6) is 0 Å². The van der Waals surface area contributed by atoms with E-state index in [0.717, 1.165) is 12.8 Å². The summed E-state index contributed by atoms with van der Waals surface area (Å²) in [5, 5.41) is 10.8. The number of rotatable bonds is 14. The summed E-state index contributed by atoms with van der Waals surface area (Å²) in [6, 6.07) is 4.45. The van der Waals surface area contributed by atoms with Crippen LogP contribution in [0.15, 0.2) is 60.7 Å². The van der Waals surface area contributed by atoms with E-state index in [2.05, 4.69) is 21.3 Å². The van der Waals surface area contributed by atoms with E-state index < -0.39 is 174 Å². The van der Waals surface area contributed by atoms with E-state index in [-0.39, 0.29) is 77.8 Å². The maximum Gasteiger partial charge on any atom is 0.410 e. The van der Waals surface area contributed by atoms with Gasteiger partial charge in [-0.05, 0) is 155 Å². The van der Waals surface area contributed by atoms with Gasteiger partial charge in [0.2, 0.25) is 23.6 Å². The van der Waals surface area contributed by atoms with Crippen LogP contribution in [0.1, 0.15) is 206 Å². The lowest BCUT2D eigenvalue weighted by Gasteiger charge is -2.30. The lowest BCUT2D eigenvalue weighted by molar-refractivity contribution is -0.141. The molecule has 4 saturated carbocycles. The maximum atomic E-state index is 14.5. The molecule has 10 aliphatic rings.